The van der Waals surface area contributed by atoms with Gasteiger partial charge in [0.1, 0.15) is 11.5 Å². The Labute approximate surface area is 220 Å². The molecule has 0 spiro atoms. The Kier molecular flexibility index (Phi) is 10.2. The van der Waals surface area contributed by atoms with Crippen molar-refractivity contribution in [3.05, 3.63) is 83.4 Å². The number of hydrogen-bond acceptors (Lipinski definition) is 8. The molecule has 38 heavy (non-hydrogen) atoms. The van der Waals surface area contributed by atoms with Crippen LogP contribution in [0.2, 0.25) is 0 Å². The van der Waals surface area contributed by atoms with Gasteiger partial charge in [-0.1, -0.05) is 0 Å². The van der Waals surface area contributed by atoms with E-state index in [9.17, 15) is 14.4 Å². The number of amides is 2. The number of hydrogen-bond donors (Lipinski definition) is 2. The van der Waals surface area contributed by atoms with Crippen LogP contribution in [0.3, 0.4) is 0 Å². The molecule has 0 aliphatic carbocycles. The van der Waals surface area contributed by atoms with Crippen LogP contribution in [-0.4, -0.2) is 50.9 Å². The summed E-state index contributed by atoms with van der Waals surface area (Å²) >= 11 is 0. The molecular formula is C28H29N3O7. The van der Waals surface area contributed by atoms with Crippen LogP contribution in [0, 0.1) is 0 Å². The van der Waals surface area contributed by atoms with Crippen LogP contribution >= 0.6 is 0 Å². The molecule has 0 heterocycles. The fourth-order valence-electron chi connectivity index (χ4n) is 3.21. The zero-order valence-electron chi connectivity index (χ0n) is 21.4. The van der Waals surface area contributed by atoms with E-state index in [-0.39, 0.29) is 12.3 Å². The lowest BCUT2D eigenvalue weighted by Gasteiger charge is -2.10. The van der Waals surface area contributed by atoms with Crippen molar-refractivity contribution in [3.8, 4) is 23.0 Å². The predicted octanol–water partition coefficient (Wildman–Crippen LogP) is 3.59. The first-order chi connectivity index (χ1) is 18.4. The van der Waals surface area contributed by atoms with Gasteiger partial charge >= 0.3 is 5.97 Å². The molecule has 2 amide bonds. The molecule has 0 aromatic heterocycles. The number of hydrazone groups is 1. The van der Waals surface area contributed by atoms with Gasteiger partial charge in [-0.25, -0.2) is 10.2 Å². The Balaban J connectivity index is 1.51. The molecule has 0 aliphatic heterocycles. The average Bonchev–Trinajstić information content (AvgIpc) is 2.93. The van der Waals surface area contributed by atoms with Gasteiger partial charge in [0.2, 0.25) is 0 Å². The quantitative estimate of drug-likeness (QED) is 0.162. The summed E-state index contributed by atoms with van der Waals surface area (Å²) in [6.45, 7) is 4.55. The number of carbonyl (C=O) groups is 3. The Morgan fingerprint density at radius 1 is 0.816 bits per heavy atom. The molecule has 2 N–H and O–H groups in total. The summed E-state index contributed by atoms with van der Waals surface area (Å²) in [4.78, 5) is 36.7. The lowest BCUT2D eigenvalue weighted by molar-refractivity contribution is -0.120. The van der Waals surface area contributed by atoms with Crippen LogP contribution < -0.4 is 29.7 Å². The van der Waals surface area contributed by atoms with Crippen molar-refractivity contribution in [1.29, 1.82) is 0 Å². The molecule has 0 unspecified atom stereocenters. The minimum atomic E-state index is -0.549. The molecule has 0 bridgehead atoms. The molecule has 0 saturated heterocycles. The van der Waals surface area contributed by atoms with E-state index in [0.29, 0.717) is 47.2 Å². The number of nitrogens with one attached hydrogen (secondary N) is 2. The van der Waals surface area contributed by atoms with Crippen LogP contribution in [0.1, 0.15) is 40.1 Å². The van der Waals surface area contributed by atoms with Gasteiger partial charge in [-0.2, -0.15) is 5.10 Å². The smallest absolute Gasteiger partial charge is 0.343 e. The van der Waals surface area contributed by atoms with Gasteiger partial charge in [-0.15, -0.1) is 0 Å². The fourth-order valence-corrected chi connectivity index (χ4v) is 3.21. The van der Waals surface area contributed by atoms with E-state index in [1.54, 1.807) is 66.7 Å². The van der Waals surface area contributed by atoms with Crippen molar-refractivity contribution < 1.29 is 33.3 Å². The van der Waals surface area contributed by atoms with E-state index in [0.717, 1.165) is 0 Å². The highest BCUT2D eigenvalue weighted by Crippen LogP contribution is 2.28. The van der Waals surface area contributed by atoms with Gasteiger partial charge in [-0.3, -0.25) is 9.59 Å². The van der Waals surface area contributed by atoms with E-state index in [1.807, 2.05) is 13.8 Å². The van der Waals surface area contributed by atoms with Crippen LogP contribution in [0.4, 0.5) is 0 Å². The minimum Gasteiger partial charge on any atom is -0.494 e. The highest BCUT2D eigenvalue weighted by Gasteiger charge is 2.13. The number of benzene rings is 3. The Morgan fingerprint density at radius 2 is 1.42 bits per heavy atom. The molecule has 10 heteroatoms. The molecule has 3 rings (SSSR count). The Morgan fingerprint density at radius 3 is 2.00 bits per heavy atom. The maximum atomic E-state index is 12.5. The van der Waals surface area contributed by atoms with Gasteiger partial charge in [-0.05, 0) is 86.1 Å². The number of esters is 1. The standard InChI is InChI=1S/C28H29N3O7/c1-4-36-22-11-7-20(8-12-22)27(33)29-18-26(32)31-30-17-19-6-15-24(25(16-19)35-3)38-28(34)21-9-13-23(14-10-21)37-5-2/h6-17H,4-5,18H2,1-3H3,(H,29,33)(H,31,32). The second kappa shape index (κ2) is 14.0. The molecule has 0 saturated carbocycles. The number of nitrogens with zero attached hydrogens (tertiary/aromatic N) is 1. The third-order valence-corrected chi connectivity index (χ3v) is 5.03. The van der Waals surface area contributed by atoms with Crippen molar-refractivity contribution in [2.24, 2.45) is 5.10 Å². The lowest BCUT2D eigenvalue weighted by atomic mass is 10.2. The summed E-state index contributed by atoms with van der Waals surface area (Å²) in [5, 5.41) is 6.42. The highest BCUT2D eigenvalue weighted by molar-refractivity contribution is 5.96. The molecule has 0 aliphatic rings. The zero-order valence-corrected chi connectivity index (χ0v) is 21.4. The topological polar surface area (TPSA) is 125 Å². The SMILES string of the molecule is CCOc1ccc(C(=O)NCC(=O)NN=Cc2ccc(OC(=O)c3ccc(OCC)cc3)c(OC)c2)cc1. The van der Waals surface area contributed by atoms with Crippen molar-refractivity contribution in [2.75, 3.05) is 26.9 Å². The first-order valence-corrected chi connectivity index (χ1v) is 11.9. The molecule has 3 aromatic rings. The van der Waals surface area contributed by atoms with Gasteiger partial charge in [0.05, 0.1) is 38.6 Å². The third-order valence-electron chi connectivity index (χ3n) is 5.03. The first-order valence-electron chi connectivity index (χ1n) is 11.9. The number of carbonyl (C=O) groups excluding carboxylic acids is 3. The fraction of sp³-hybridized carbons (Fsp3) is 0.214. The van der Waals surface area contributed by atoms with Crippen molar-refractivity contribution >= 4 is 24.0 Å². The molecular weight excluding hydrogens is 490 g/mol. The van der Waals surface area contributed by atoms with Gasteiger partial charge in [0.25, 0.3) is 11.8 Å². The van der Waals surface area contributed by atoms with Crippen LogP contribution in [0.15, 0.2) is 71.8 Å². The number of methoxy groups -OCH3 is 1. The molecule has 3 aromatic carbocycles. The minimum absolute atomic E-state index is 0.226. The highest BCUT2D eigenvalue weighted by atomic mass is 16.6. The van der Waals surface area contributed by atoms with E-state index >= 15 is 0 Å². The lowest BCUT2D eigenvalue weighted by Crippen LogP contribution is -2.34. The van der Waals surface area contributed by atoms with Crippen LogP contribution in [-0.2, 0) is 4.79 Å². The third kappa shape index (κ3) is 8.09. The summed E-state index contributed by atoms with van der Waals surface area (Å²) in [6.07, 6.45) is 1.40. The summed E-state index contributed by atoms with van der Waals surface area (Å²) in [5.74, 6) is 0.402. The van der Waals surface area contributed by atoms with Gasteiger partial charge in [0.15, 0.2) is 11.5 Å². The van der Waals surface area contributed by atoms with Crippen molar-refractivity contribution in [2.45, 2.75) is 13.8 Å². The van der Waals surface area contributed by atoms with Crippen molar-refractivity contribution in [3.63, 3.8) is 0 Å². The second-order valence-corrected chi connectivity index (χ2v) is 7.69. The normalized spacial score (nSPS) is 10.5. The number of rotatable bonds is 12. The van der Waals surface area contributed by atoms with Crippen LogP contribution in [0.25, 0.3) is 0 Å². The maximum Gasteiger partial charge on any atom is 0.343 e. The predicted molar refractivity (Wildman–Crippen MR) is 141 cm³/mol. The summed E-state index contributed by atoms with van der Waals surface area (Å²) < 4.78 is 21.5. The molecule has 0 radical (unpaired) electrons. The average molecular weight is 520 g/mol. The largest absolute Gasteiger partial charge is 0.494 e. The summed E-state index contributed by atoms with van der Waals surface area (Å²) in [7, 11) is 1.44. The maximum absolute atomic E-state index is 12.5. The second-order valence-electron chi connectivity index (χ2n) is 7.69. The molecule has 0 atom stereocenters. The van der Waals surface area contributed by atoms with Crippen LogP contribution in [0.5, 0.6) is 23.0 Å². The Hall–Kier alpha value is -4.86. The Bertz CT molecular complexity index is 1270. The van der Waals surface area contributed by atoms with Gasteiger partial charge in [0, 0.05) is 5.56 Å². The van der Waals surface area contributed by atoms with E-state index in [4.69, 9.17) is 18.9 Å². The summed E-state index contributed by atoms with van der Waals surface area (Å²) in [6, 6.07) is 18.0. The monoisotopic (exact) mass is 519 g/mol. The zero-order chi connectivity index (χ0) is 27.3. The van der Waals surface area contributed by atoms with Crippen molar-refractivity contribution in [1.82, 2.24) is 10.7 Å². The summed E-state index contributed by atoms with van der Waals surface area (Å²) in [5.41, 5.74) is 3.69. The van der Waals surface area contributed by atoms with E-state index in [2.05, 4.69) is 15.8 Å². The van der Waals surface area contributed by atoms with E-state index in [1.165, 1.54) is 13.3 Å². The molecule has 0 fully saturated rings. The first kappa shape index (κ1) is 27.7. The number of ether oxygens (including phenoxy) is 4. The van der Waals surface area contributed by atoms with E-state index < -0.39 is 17.8 Å². The molecule has 10 nitrogen and oxygen atoms in total. The molecule has 198 valence electrons. The van der Waals surface area contributed by atoms with Gasteiger partial charge < -0.3 is 24.3 Å².